The zero-order valence-electron chi connectivity index (χ0n) is 10.4. The van der Waals surface area contributed by atoms with E-state index in [1.165, 1.54) is 0 Å². The van der Waals surface area contributed by atoms with Crippen molar-refractivity contribution in [2.24, 2.45) is 0 Å². The number of hydrogen-bond donors (Lipinski definition) is 1. The number of rotatable bonds is 2. The van der Waals surface area contributed by atoms with Gasteiger partial charge in [-0.2, -0.15) is 0 Å². The second kappa shape index (κ2) is 4.24. The van der Waals surface area contributed by atoms with E-state index in [1.807, 2.05) is 41.8 Å². The van der Waals surface area contributed by atoms with E-state index >= 15 is 0 Å². The average molecular weight is 252 g/mol. The minimum atomic E-state index is -0.944. The van der Waals surface area contributed by atoms with E-state index in [2.05, 4.69) is 4.98 Å². The van der Waals surface area contributed by atoms with Crippen LogP contribution < -0.4 is 0 Å². The minimum absolute atomic E-state index is 0.261. The zero-order chi connectivity index (χ0) is 13.4. The van der Waals surface area contributed by atoms with Gasteiger partial charge >= 0.3 is 5.97 Å². The quantitative estimate of drug-likeness (QED) is 0.762. The molecule has 0 radical (unpaired) electrons. The van der Waals surface area contributed by atoms with Crippen LogP contribution in [-0.4, -0.2) is 20.6 Å². The van der Waals surface area contributed by atoms with Crippen LogP contribution in [0.25, 0.3) is 16.7 Å². The van der Waals surface area contributed by atoms with Gasteiger partial charge < -0.3 is 5.11 Å². The molecule has 4 nitrogen and oxygen atoms in total. The molecule has 0 aliphatic carbocycles. The maximum absolute atomic E-state index is 11.3. The topological polar surface area (TPSA) is 55.1 Å². The number of carboxylic acid groups (broad SMARTS) is 1. The van der Waals surface area contributed by atoms with Crippen LogP contribution in [0.4, 0.5) is 0 Å². The molecule has 3 rings (SSSR count). The molecule has 0 aliphatic heterocycles. The number of fused-ring (bicyclic) bond motifs is 1. The average Bonchev–Trinajstić information content (AvgIpc) is 2.82. The highest BCUT2D eigenvalue weighted by Gasteiger charge is 2.13. The monoisotopic (exact) mass is 252 g/mol. The van der Waals surface area contributed by atoms with Crippen molar-refractivity contribution in [1.82, 2.24) is 9.55 Å². The molecule has 1 aromatic heterocycles. The van der Waals surface area contributed by atoms with Gasteiger partial charge in [-0.3, -0.25) is 4.57 Å². The van der Waals surface area contributed by atoms with Gasteiger partial charge in [0.1, 0.15) is 6.33 Å². The van der Waals surface area contributed by atoms with Crippen LogP contribution in [0.2, 0.25) is 0 Å². The van der Waals surface area contributed by atoms with Crippen LogP contribution in [0.3, 0.4) is 0 Å². The number of hydrogen-bond acceptors (Lipinski definition) is 2. The second-order valence-electron chi connectivity index (χ2n) is 4.43. The fraction of sp³-hybridized carbons (Fsp3) is 0.0667. The molecule has 1 heterocycles. The maximum Gasteiger partial charge on any atom is 0.337 e. The van der Waals surface area contributed by atoms with Crippen LogP contribution in [0.15, 0.2) is 48.8 Å². The highest BCUT2D eigenvalue weighted by molar-refractivity contribution is 6.01. The second-order valence-corrected chi connectivity index (χ2v) is 4.43. The molecule has 3 aromatic rings. The van der Waals surface area contributed by atoms with Gasteiger partial charge in [-0.25, -0.2) is 9.78 Å². The van der Waals surface area contributed by atoms with Crippen LogP contribution in [-0.2, 0) is 0 Å². The van der Waals surface area contributed by atoms with Crippen LogP contribution >= 0.6 is 0 Å². The van der Waals surface area contributed by atoms with Crippen LogP contribution in [0, 0.1) is 6.92 Å². The lowest BCUT2D eigenvalue weighted by Gasteiger charge is -2.07. The SMILES string of the molecule is Cc1cccc(-n2cnc3cccc(C(=O)O)c32)c1. The van der Waals surface area contributed by atoms with Gasteiger partial charge in [0.25, 0.3) is 0 Å². The first kappa shape index (κ1) is 11.5. The Morgan fingerprint density at radius 3 is 2.74 bits per heavy atom. The molecule has 1 N–H and O–H groups in total. The molecule has 0 amide bonds. The van der Waals surface area contributed by atoms with Crippen molar-refractivity contribution in [2.45, 2.75) is 6.92 Å². The van der Waals surface area contributed by atoms with E-state index in [-0.39, 0.29) is 5.56 Å². The third kappa shape index (κ3) is 1.87. The first-order valence-electron chi connectivity index (χ1n) is 5.93. The number of aryl methyl sites for hydroxylation is 1. The summed E-state index contributed by atoms with van der Waals surface area (Å²) in [6, 6.07) is 13.0. The highest BCUT2D eigenvalue weighted by Crippen LogP contribution is 2.22. The third-order valence-corrected chi connectivity index (χ3v) is 3.08. The molecule has 0 saturated carbocycles. The molecule has 0 fully saturated rings. The van der Waals surface area contributed by atoms with Crippen molar-refractivity contribution in [3.05, 3.63) is 59.9 Å². The Labute approximate surface area is 109 Å². The number of aromatic carboxylic acids is 1. The van der Waals surface area contributed by atoms with Gasteiger partial charge in [0.15, 0.2) is 0 Å². The number of aromatic nitrogens is 2. The van der Waals surface area contributed by atoms with Crippen molar-refractivity contribution in [3.63, 3.8) is 0 Å². The maximum atomic E-state index is 11.3. The van der Waals surface area contributed by atoms with Gasteiger partial charge in [0, 0.05) is 5.69 Å². The fourth-order valence-corrected chi connectivity index (χ4v) is 2.21. The highest BCUT2D eigenvalue weighted by atomic mass is 16.4. The van der Waals surface area contributed by atoms with Crippen molar-refractivity contribution in [3.8, 4) is 5.69 Å². The van der Waals surface area contributed by atoms with E-state index in [0.717, 1.165) is 11.3 Å². The Bertz CT molecular complexity index is 775. The van der Waals surface area contributed by atoms with Gasteiger partial charge in [0.2, 0.25) is 0 Å². The molecule has 0 atom stereocenters. The Hall–Kier alpha value is -2.62. The summed E-state index contributed by atoms with van der Waals surface area (Å²) in [7, 11) is 0. The van der Waals surface area contributed by atoms with Gasteiger partial charge in [0.05, 0.1) is 16.6 Å². The molecular formula is C15H12N2O2. The Morgan fingerprint density at radius 1 is 1.21 bits per heavy atom. The Balaban J connectivity index is 2.33. The molecule has 2 aromatic carbocycles. The van der Waals surface area contributed by atoms with E-state index < -0.39 is 5.97 Å². The first-order chi connectivity index (χ1) is 9.16. The molecule has 0 saturated heterocycles. The molecule has 19 heavy (non-hydrogen) atoms. The number of para-hydroxylation sites is 1. The summed E-state index contributed by atoms with van der Waals surface area (Å²) in [5.74, 6) is -0.944. The molecule has 0 aliphatic rings. The molecule has 4 heteroatoms. The number of benzene rings is 2. The lowest BCUT2D eigenvalue weighted by atomic mass is 10.1. The van der Waals surface area contributed by atoms with E-state index in [1.54, 1.807) is 18.5 Å². The number of carboxylic acids is 1. The number of carbonyl (C=O) groups is 1. The molecule has 0 spiro atoms. The Morgan fingerprint density at radius 2 is 2.00 bits per heavy atom. The lowest BCUT2D eigenvalue weighted by Crippen LogP contribution is -2.01. The van der Waals surface area contributed by atoms with E-state index in [0.29, 0.717) is 11.0 Å². The van der Waals surface area contributed by atoms with Gasteiger partial charge in [-0.05, 0) is 36.8 Å². The van der Waals surface area contributed by atoms with Crippen molar-refractivity contribution in [2.75, 3.05) is 0 Å². The minimum Gasteiger partial charge on any atom is -0.478 e. The number of nitrogens with zero attached hydrogens (tertiary/aromatic N) is 2. The van der Waals surface area contributed by atoms with Crippen LogP contribution in [0.5, 0.6) is 0 Å². The molecule has 94 valence electrons. The largest absolute Gasteiger partial charge is 0.478 e. The lowest BCUT2D eigenvalue weighted by molar-refractivity contribution is 0.0698. The third-order valence-electron chi connectivity index (χ3n) is 3.08. The summed E-state index contributed by atoms with van der Waals surface area (Å²) in [4.78, 5) is 15.6. The summed E-state index contributed by atoms with van der Waals surface area (Å²) >= 11 is 0. The molecule has 0 bridgehead atoms. The van der Waals surface area contributed by atoms with Crippen LogP contribution in [0.1, 0.15) is 15.9 Å². The zero-order valence-corrected chi connectivity index (χ0v) is 10.4. The van der Waals surface area contributed by atoms with Gasteiger partial charge in [-0.1, -0.05) is 18.2 Å². The summed E-state index contributed by atoms with van der Waals surface area (Å²) in [6.45, 7) is 2.00. The predicted octanol–water partition coefficient (Wildman–Crippen LogP) is 3.03. The first-order valence-corrected chi connectivity index (χ1v) is 5.93. The predicted molar refractivity (Wildman–Crippen MR) is 72.8 cm³/mol. The fourth-order valence-electron chi connectivity index (χ4n) is 2.21. The Kier molecular flexibility index (Phi) is 2.56. The van der Waals surface area contributed by atoms with E-state index in [9.17, 15) is 9.90 Å². The summed E-state index contributed by atoms with van der Waals surface area (Å²) in [5.41, 5.74) is 3.60. The van der Waals surface area contributed by atoms with Gasteiger partial charge in [-0.15, -0.1) is 0 Å². The van der Waals surface area contributed by atoms with Crippen molar-refractivity contribution >= 4 is 17.0 Å². The summed E-state index contributed by atoms with van der Waals surface area (Å²) in [6.07, 6.45) is 1.66. The van der Waals surface area contributed by atoms with Crippen molar-refractivity contribution < 1.29 is 9.90 Å². The molecular weight excluding hydrogens is 240 g/mol. The normalized spacial score (nSPS) is 10.8. The summed E-state index contributed by atoms with van der Waals surface area (Å²) in [5, 5.41) is 9.29. The molecule has 0 unspecified atom stereocenters. The van der Waals surface area contributed by atoms with E-state index in [4.69, 9.17) is 0 Å². The number of imidazole rings is 1. The smallest absolute Gasteiger partial charge is 0.337 e. The standard InChI is InChI=1S/C15H12N2O2/c1-10-4-2-5-11(8-10)17-9-16-13-7-3-6-12(14(13)17)15(18)19/h2-9H,1H3,(H,18,19). The summed E-state index contributed by atoms with van der Waals surface area (Å²) < 4.78 is 1.81. The van der Waals surface area contributed by atoms with Crippen molar-refractivity contribution in [1.29, 1.82) is 0 Å².